The first kappa shape index (κ1) is 12.7. The quantitative estimate of drug-likeness (QED) is 0.791. The molecule has 0 aliphatic carbocycles. The molecule has 3 nitrogen and oxygen atoms in total. The van der Waals surface area contributed by atoms with Gasteiger partial charge in [0.1, 0.15) is 0 Å². The van der Waals surface area contributed by atoms with Crippen molar-refractivity contribution in [2.24, 2.45) is 0 Å². The Morgan fingerprint density at radius 1 is 1.19 bits per heavy atom. The smallest absolute Gasteiger partial charge is 0.0682 e. The maximum Gasteiger partial charge on any atom is 0.0682 e. The summed E-state index contributed by atoms with van der Waals surface area (Å²) in [5.41, 5.74) is 1.22. The first-order valence-corrected chi connectivity index (χ1v) is 5.82. The van der Waals surface area contributed by atoms with Crippen LogP contribution in [0.1, 0.15) is 13.8 Å². The van der Waals surface area contributed by atoms with Crippen LogP contribution in [0.5, 0.6) is 0 Å². The largest absolute Gasteiger partial charge is 0.308 e. The minimum Gasteiger partial charge on any atom is -0.308 e. The van der Waals surface area contributed by atoms with Crippen LogP contribution in [0.3, 0.4) is 0 Å². The lowest BCUT2D eigenvalue weighted by Gasteiger charge is -2.09. The molecule has 0 fully saturated rings. The summed E-state index contributed by atoms with van der Waals surface area (Å²) in [7, 11) is 4.15. The van der Waals surface area contributed by atoms with Gasteiger partial charge < -0.3 is 4.90 Å². The Bertz CT molecular complexity index is 418. The van der Waals surface area contributed by atoms with Crippen molar-refractivity contribution in [1.29, 1.82) is 0 Å². The van der Waals surface area contributed by atoms with Crippen molar-refractivity contribution in [2.75, 3.05) is 20.6 Å². The van der Waals surface area contributed by atoms with Crippen LogP contribution in [0.25, 0.3) is 10.9 Å². The molecule has 1 heterocycles. The minimum atomic E-state index is 0.945. The highest BCUT2D eigenvalue weighted by Crippen LogP contribution is 2.11. The van der Waals surface area contributed by atoms with Gasteiger partial charge in [-0.05, 0) is 20.2 Å². The SMILES string of the molecule is CC.CN(C)CCn1ncc2ccccc21. The summed E-state index contributed by atoms with van der Waals surface area (Å²) in [4.78, 5) is 2.16. The molecule has 0 spiro atoms. The van der Waals surface area contributed by atoms with Gasteiger partial charge >= 0.3 is 0 Å². The van der Waals surface area contributed by atoms with Crippen LogP contribution in [-0.4, -0.2) is 35.3 Å². The van der Waals surface area contributed by atoms with E-state index in [0.717, 1.165) is 13.1 Å². The highest BCUT2D eigenvalue weighted by atomic mass is 15.3. The fraction of sp³-hybridized carbons (Fsp3) is 0.462. The number of nitrogens with zero attached hydrogens (tertiary/aromatic N) is 3. The molecule has 2 rings (SSSR count). The average Bonchev–Trinajstić information content (AvgIpc) is 2.72. The zero-order valence-electron chi connectivity index (χ0n) is 10.6. The Hall–Kier alpha value is -1.35. The number of fused-ring (bicyclic) bond motifs is 1. The predicted molar refractivity (Wildman–Crippen MR) is 69.6 cm³/mol. The Morgan fingerprint density at radius 2 is 1.88 bits per heavy atom. The lowest BCUT2D eigenvalue weighted by molar-refractivity contribution is 0.377. The maximum atomic E-state index is 4.36. The van der Waals surface area contributed by atoms with Crippen molar-refractivity contribution in [1.82, 2.24) is 14.7 Å². The van der Waals surface area contributed by atoms with E-state index in [-0.39, 0.29) is 0 Å². The van der Waals surface area contributed by atoms with Gasteiger partial charge in [0.05, 0.1) is 18.3 Å². The third kappa shape index (κ3) is 3.07. The highest BCUT2D eigenvalue weighted by molar-refractivity contribution is 5.78. The fourth-order valence-corrected chi connectivity index (χ4v) is 1.50. The molecule has 1 aromatic carbocycles. The molecule has 0 radical (unpaired) electrons. The number of rotatable bonds is 3. The molecule has 0 unspecified atom stereocenters. The zero-order chi connectivity index (χ0) is 12.0. The normalized spacial score (nSPS) is 10.3. The van der Waals surface area contributed by atoms with E-state index in [2.05, 4.69) is 47.0 Å². The number of benzene rings is 1. The number of hydrogen-bond donors (Lipinski definition) is 0. The summed E-state index contributed by atoms with van der Waals surface area (Å²) in [6.45, 7) is 5.96. The van der Waals surface area contributed by atoms with E-state index in [0.29, 0.717) is 0 Å². The third-order valence-electron chi connectivity index (χ3n) is 2.31. The summed E-state index contributed by atoms with van der Waals surface area (Å²) in [5, 5.41) is 5.57. The molecule has 88 valence electrons. The van der Waals surface area contributed by atoms with E-state index in [4.69, 9.17) is 0 Å². The molecule has 0 saturated heterocycles. The summed E-state index contributed by atoms with van der Waals surface area (Å²) >= 11 is 0. The van der Waals surface area contributed by atoms with E-state index in [9.17, 15) is 0 Å². The monoisotopic (exact) mass is 219 g/mol. The van der Waals surface area contributed by atoms with Crippen LogP contribution in [0.4, 0.5) is 0 Å². The summed E-state index contributed by atoms with van der Waals surface area (Å²) in [5.74, 6) is 0. The molecular weight excluding hydrogens is 198 g/mol. The predicted octanol–water partition coefficient (Wildman–Crippen LogP) is 2.62. The van der Waals surface area contributed by atoms with Crippen molar-refractivity contribution in [3.05, 3.63) is 30.5 Å². The van der Waals surface area contributed by atoms with Crippen LogP contribution in [-0.2, 0) is 6.54 Å². The molecule has 0 bridgehead atoms. The molecule has 0 atom stereocenters. The van der Waals surface area contributed by atoms with Gasteiger partial charge in [-0.2, -0.15) is 5.10 Å². The Kier molecular flexibility index (Phi) is 4.99. The van der Waals surface area contributed by atoms with Crippen LogP contribution < -0.4 is 0 Å². The van der Waals surface area contributed by atoms with Crippen LogP contribution in [0, 0.1) is 0 Å². The molecule has 0 saturated carbocycles. The van der Waals surface area contributed by atoms with Crippen molar-refractivity contribution in [2.45, 2.75) is 20.4 Å². The van der Waals surface area contributed by atoms with Crippen LogP contribution in [0.2, 0.25) is 0 Å². The maximum absolute atomic E-state index is 4.36. The second-order valence-electron chi connectivity index (χ2n) is 3.73. The van der Waals surface area contributed by atoms with Crippen LogP contribution >= 0.6 is 0 Å². The third-order valence-corrected chi connectivity index (χ3v) is 2.31. The number of para-hydroxylation sites is 1. The number of likely N-dealkylation sites (N-methyl/N-ethyl adjacent to an activating group) is 1. The first-order chi connectivity index (χ1) is 7.77. The van der Waals surface area contributed by atoms with Gasteiger partial charge in [-0.25, -0.2) is 0 Å². The number of aromatic nitrogens is 2. The van der Waals surface area contributed by atoms with Gasteiger partial charge in [-0.3, -0.25) is 4.68 Å². The fourth-order valence-electron chi connectivity index (χ4n) is 1.50. The second kappa shape index (κ2) is 6.28. The standard InChI is InChI=1S/C11H15N3.C2H6/c1-13(2)7-8-14-11-6-4-3-5-10(11)9-12-14;1-2/h3-6,9H,7-8H2,1-2H3;1-2H3. The van der Waals surface area contributed by atoms with Crippen molar-refractivity contribution in [3.63, 3.8) is 0 Å². The molecule has 16 heavy (non-hydrogen) atoms. The van der Waals surface area contributed by atoms with Crippen molar-refractivity contribution < 1.29 is 0 Å². The molecule has 0 aliphatic rings. The molecule has 0 N–H and O–H groups in total. The molecule has 3 heteroatoms. The Morgan fingerprint density at radius 3 is 2.56 bits per heavy atom. The van der Waals surface area contributed by atoms with Gasteiger partial charge in [0, 0.05) is 11.9 Å². The zero-order valence-corrected chi connectivity index (χ0v) is 10.6. The lowest BCUT2D eigenvalue weighted by atomic mass is 10.2. The van der Waals surface area contributed by atoms with E-state index in [1.54, 1.807) is 0 Å². The van der Waals surface area contributed by atoms with E-state index >= 15 is 0 Å². The summed E-state index contributed by atoms with van der Waals surface area (Å²) < 4.78 is 2.05. The van der Waals surface area contributed by atoms with Gasteiger partial charge in [0.15, 0.2) is 0 Å². The van der Waals surface area contributed by atoms with E-state index in [1.165, 1.54) is 10.9 Å². The van der Waals surface area contributed by atoms with Gasteiger partial charge in [-0.15, -0.1) is 0 Å². The van der Waals surface area contributed by atoms with Crippen molar-refractivity contribution in [3.8, 4) is 0 Å². The molecule has 0 aliphatic heterocycles. The topological polar surface area (TPSA) is 21.1 Å². The highest BCUT2D eigenvalue weighted by Gasteiger charge is 2.00. The minimum absolute atomic E-state index is 0.945. The van der Waals surface area contributed by atoms with E-state index in [1.807, 2.05) is 26.1 Å². The number of hydrogen-bond acceptors (Lipinski definition) is 2. The lowest BCUT2D eigenvalue weighted by Crippen LogP contribution is -2.18. The molecular formula is C13H21N3. The average molecular weight is 219 g/mol. The van der Waals surface area contributed by atoms with Crippen LogP contribution in [0.15, 0.2) is 30.5 Å². The van der Waals surface area contributed by atoms with Gasteiger partial charge in [0.25, 0.3) is 0 Å². The van der Waals surface area contributed by atoms with Gasteiger partial charge in [0.2, 0.25) is 0 Å². The van der Waals surface area contributed by atoms with Crippen molar-refractivity contribution >= 4 is 10.9 Å². The summed E-state index contributed by atoms with van der Waals surface area (Å²) in [6.07, 6.45) is 1.92. The Labute approximate surface area is 97.7 Å². The molecule has 1 aromatic heterocycles. The molecule has 2 aromatic rings. The first-order valence-electron chi connectivity index (χ1n) is 5.82. The summed E-state index contributed by atoms with van der Waals surface area (Å²) in [6, 6.07) is 8.29. The second-order valence-corrected chi connectivity index (χ2v) is 3.73. The van der Waals surface area contributed by atoms with E-state index < -0.39 is 0 Å². The van der Waals surface area contributed by atoms with Gasteiger partial charge in [-0.1, -0.05) is 32.0 Å². The Balaban J connectivity index is 0.000000606. The molecule has 0 amide bonds.